The standard InChI is InChI=1S/C36H30S4/c1-5-21-12-28(19(2)3)20(4)29-13-26-17-33-34(18-27(26)14-30(21)29)40-36(39-33)35-37-31-15-24-10-22-8-6-7-9-23(22)11-25(24)16-32(31)38-35/h5-11,13-21,28H,1,12H2,2-4H3. The SMILES string of the molecule is C=CC1CC(C(C)C)C(C)c2cc3cc4c(cc3cc21)SC(=C1Sc2cc3cc5ccccc5cc3cc2S1)S4. The van der Waals surface area contributed by atoms with Crippen LogP contribution in [0.4, 0.5) is 0 Å². The Morgan fingerprint density at radius 2 is 1.10 bits per heavy atom. The second kappa shape index (κ2) is 9.66. The summed E-state index contributed by atoms with van der Waals surface area (Å²) >= 11 is 7.80. The van der Waals surface area contributed by atoms with Crippen LogP contribution in [0.15, 0.2) is 114 Å². The Bertz CT molecular complexity index is 1850. The lowest BCUT2D eigenvalue weighted by atomic mass is 9.67. The Morgan fingerprint density at radius 3 is 1.55 bits per heavy atom. The van der Waals surface area contributed by atoms with E-state index in [1.807, 2.05) is 47.0 Å². The van der Waals surface area contributed by atoms with Gasteiger partial charge in [-0.2, -0.15) is 0 Å². The molecule has 0 aromatic heterocycles. The second-order valence-electron chi connectivity index (χ2n) is 11.7. The fourth-order valence-electron chi connectivity index (χ4n) is 6.86. The molecule has 40 heavy (non-hydrogen) atoms. The predicted octanol–water partition coefficient (Wildman–Crippen LogP) is 12.4. The van der Waals surface area contributed by atoms with Crippen LogP contribution in [0, 0.1) is 11.8 Å². The molecule has 3 aliphatic rings. The minimum atomic E-state index is 0.453. The summed E-state index contributed by atoms with van der Waals surface area (Å²) in [5.41, 5.74) is 3.03. The lowest BCUT2D eigenvalue weighted by Crippen LogP contribution is -2.25. The van der Waals surface area contributed by atoms with Gasteiger partial charge in [-0.1, -0.05) is 110 Å². The second-order valence-corrected chi connectivity index (χ2v) is 16.5. The molecule has 0 nitrogen and oxygen atoms in total. The van der Waals surface area contributed by atoms with Gasteiger partial charge in [-0.05, 0) is 104 Å². The van der Waals surface area contributed by atoms with E-state index in [0.29, 0.717) is 23.7 Å². The maximum atomic E-state index is 4.22. The number of benzene rings is 5. The molecule has 2 heterocycles. The van der Waals surface area contributed by atoms with Crippen LogP contribution in [0.3, 0.4) is 0 Å². The Labute approximate surface area is 253 Å². The number of fused-ring (bicyclic) bond motifs is 6. The van der Waals surface area contributed by atoms with Crippen LogP contribution in [-0.2, 0) is 0 Å². The number of thioether (sulfide) groups is 4. The van der Waals surface area contributed by atoms with Crippen molar-refractivity contribution < 1.29 is 0 Å². The molecule has 0 saturated heterocycles. The average molecular weight is 591 g/mol. The highest BCUT2D eigenvalue weighted by atomic mass is 32.2. The van der Waals surface area contributed by atoms with Gasteiger partial charge in [-0.3, -0.25) is 0 Å². The molecule has 8 rings (SSSR count). The molecule has 0 fully saturated rings. The highest BCUT2D eigenvalue weighted by molar-refractivity contribution is 8.30. The van der Waals surface area contributed by atoms with Gasteiger partial charge < -0.3 is 0 Å². The third kappa shape index (κ3) is 4.09. The van der Waals surface area contributed by atoms with Gasteiger partial charge in [-0.25, -0.2) is 0 Å². The van der Waals surface area contributed by atoms with E-state index in [2.05, 4.69) is 106 Å². The molecular formula is C36H30S4. The zero-order valence-electron chi connectivity index (χ0n) is 22.9. The van der Waals surface area contributed by atoms with E-state index in [1.54, 1.807) is 0 Å². The first-order chi connectivity index (χ1) is 19.4. The first-order valence-corrected chi connectivity index (χ1v) is 17.4. The van der Waals surface area contributed by atoms with Gasteiger partial charge in [0.05, 0.1) is 8.47 Å². The van der Waals surface area contributed by atoms with E-state index in [1.165, 1.54) is 77.9 Å². The Hall–Kier alpha value is -2.24. The number of allylic oxidation sites excluding steroid dienone is 1. The van der Waals surface area contributed by atoms with Crippen LogP contribution in [0.25, 0.3) is 32.3 Å². The summed E-state index contributed by atoms with van der Waals surface area (Å²) in [6.45, 7) is 11.4. The zero-order valence-corrected chi connectivity index (χ0v) is 26.1. The Balaban J connectivity index is 1.14. The third-order valence-electron chi connectivity index (χ3n) is 9.05. The van der Waals surface area contributed by atoms with Crippen LogP contribution in [0.5, 0.6) is 0 Å². The molecule has 4 heteroatoms. The zero-order chi connectivity index (χ0) is 27.1. The number of hydrogen-bond acceptors (Lipinski definition) is 4. The highest BCUT2D eigenvalue weighted by Gasteiger charge is 2.34. The molecule has 5 aromatic carbocycles. The molecule has 1 aliphatic carbocycles. The molecule has 198 valence electrons. The summed E-state index contributed by atoms with van der Waals surface area (Å²) in [6.07, 6.45) is 3.40. The van der Waals surface area contributed by atoms with Crippen molar-refractivity contribution in [1.29, 1.82) is 0 Å². The van der Waals surface area contributed by atoms with E-state index in [4.69, 9.17) is 0 Å². The largest absolute Gasteiger partial charge is 0.102 e. The van der Waals surface area contributed by atoms with Crippen molar-refractivity contribution in [3.05, 3.63) is 105 Å². The Kier molecular flexibility index (Phi) is 6.15. The molecule has 0 amide bonds. The first-order valence-electron chi connectivity index (χ1n) is 14.1. The molecule has 0 N–H and O–H groups in total. The van der Waals surface area contributed by atoms with Crippen LogP contribution in [0.1, 0.15) is 50.2 Å². The van der Waals surface area contributed by atoms with Crippen LogP contribution in [0.2, 0.25) is 0 Å². The maximum Gasteiger partial charge on any atom is 0.0706 e. The van der Waals surface area contributed by atoms with Gasteiger partial charge in [0.15, 0.2) is 0 Å². The highest BCUT2D eigenvalue weighted by Crippen LogP contribution is 2.62. The van der Waals surface area contributed by atoms with E-state index >= 15 is 0 Å². The normalized spacial score (nSPS) is 21.9. The molecular weight excluding hydrogens is 561 g/mol. The summed E-state index contributed by atoms with van der Waals surface area (Å²) < 4.78 is 2.84. The predicted molar refractivity (Wildman–Crippen MR) is 180 cm³/mol. The van der Waals surface area contributed by atoms with Crippen molar-refractivity contribution in [3.8, 4) is 0 Å². The summed E-state index contributed by atoms with van der Waals surface area (Å²) in [4.78, 5) is 5.56. The summed E-state index contributed by atoms with van der Waals surface area (Å²) in [5, 5.41) is 8.02. The van der Waals surface area contributed by atoms with Gasteiger partial charge in [0.2, 0.25) is 0 Å². The van der Waals surface area contributed by atoms with Crippen molar-refractivity contribution in [2.75, 3.05) is 0 Å². The van der Waals surface area contributed by atoms with Crippen molar-refractivity contribution in [2.45, 2.75) is 58.6 Å². The summed E-state index contributed by atoms with van der Waals surface area (Å²) in [5.74, 6) is 2.43. The molecule has 0 saturated carbocycles. The summed E-state index contributed by atoms with van der Waals surface area (Å²) in [6, 6.07) is 28.0. The fourth-order valence-corrected chi connectivity index (χ4v) is 12.3. The third-order valence-corrected chi connectivity index (χ3v) is 14.6. The van der Waals surface area contributed by atoms with Gasteiger partial charge in [0, 0.05) is 25.5 Å². The fraction of sp³-hybridized carbons (Fsp3) is 0.222. The van der Waals surface area contributed by atoms with Crippen LogP contribution < -0.4 is 0 Å². The number of hydrogen-bond donors (Lipinski definition) is 0. The summed E-state index contributed by atoms with van der Waals surface area (Å²) in [7, 11) is 0. The minimum absolute atomic E-state index is 0.453. The number of rotatable bonds is 2. The van der Waals surface area contributed by atoms with Crippen molar-refractivity contribution in [1.82, 2.24) is 0 Å². The topological polar surface area (TPSA) is 0 Å². The van der Waals surface area contributed by atoms with Crippen LogP contribution in [-0.4, -0.2) is 0 Å². The van der Waals surface area contributed by atoms with E-state index in [0.717, 1.165) is 0 Å². The van der Waals surface area contributed by atoms with Gasteiger partial charge in [-0.15, -0.1) is 6.58 Å². The molecule has 3 unspecified atom stereocenters. The lowest BCUT2D eigenvalue weighted by molar-refractivity contribution is 0.283. The van der Waals surface area contributed by atoms with Gasteiger partial charge in [0.1, 0.15) is 0 Å². The first kappa shape index (κ1) is 25.5. The van der Waals surface area contributed by atoms with Crippen LogP contribution >= 0.6 is 47.0 Å². The minimum Gasteiger partial charge on any atom is -0.102 e. The molecule has 2 aliphatic heterocycles. The van der Waals surface area contributed by atoms with E-state index < -0.39 is 0 Å². The molecule has 0 bridgehead atoms. The lowest BCUT2D eigenvalue weighted by Gasteiger charge is -2.38. The molecule has 0 radical (unpaired) electrons. The monoisotopic (exact) mass is 590 g/mol. The quantitative estimate of drug-likeness (QED) is 0.148. The Morgan fingerprint density at radius 1 is 0.650 bits per heavy atom. The van der Waals surface area contributed by atoms with Crippen molar-refractivity contribution >= 4 is 79.4 Å². The van der Waals surface area contributed by atoms with E-state index in [9.17, 15) is 0 Å². The maximum absolute atomic E-state index is 4.22. The molecule has 3 atom stereocenters. The van der Waals surface area contributed by atoms with Crippen molar-refractivity contribution in [2.24, 2.45) is 11.8 Å². The van der Waals surface area contributed by atoms with Gasteiger partial charge >= 0.3 is 0 Å². The molecule has 5 aromatic rings. The average Bonchev–Trinajstić information content (AvgIpc) is 3.56. The smallest absolute Gasteiger partial charge is 0.0706 e. The molecule has 0 spiro atoms. The van der Waals surface area contributed by atoms with Crippen molar-refractivity contribution in [3.63, 3.8) is 0 Å². The van der Waals surface area contributed by atoms with E-state index in [-0.39, 0.29) is 0 Å². The van der Waals surface area contributed by atoms with Gasteiger partial charge in [0.25, 0.3) is 0 Å².